The van der Waals surface area contributed by atoms with E-state index in [1.807, 2.05) is 60.7 Å². The van der Waals surface area contributed by atoms with Gasteiger partial charge in [-0.05, 0) is 48.5 Å². The zero-order valence-electron chi connectivity index (χ0n) is 21.1. The largest absolute Gasteiger partial charge is 0.492 e. The van der Waals surface area contributed by atoms with Crippen LogP contribution >= 0.6 is 23.2 Å². The highest BCUT2D eigenvalue weighted by molar-refractivity contribution is 6.33. The SMILES string of the molecule is CN1CCN(CCOc2ccc(C(NC(=O)/C(C#N)=C/c3nc(Cl)ccc3Cl)c3ccccc3)cc2)CC1. The second kappa shape index (κ2) is 13.4. The van der Waals surface area contributed by atoms with E-state index in [9.17, 15) is 10.1 Å². The predicted octanol–water partition coefficient (Wildman–Crippen LogP) is 4.83. The summed E-state index contributed by atoms with van der Waals surface area (Å²) in [5.41, 5.74) is 1.85. The molecule has 7 nitrogen and oxygen atoms in total. The molecule has 0 bridgehead atoms. The Morgan fingerprint density at radius 1 is 1.05 bits per heavy atom. The second-order valence-electron chi connectivity index (χ2n) is 9.05. The van der Waals surface area contributed by atoms with Crippen LogP contribution in [-0.4, -0.2) is 67.1 Å². The third-order valence-corrected chi connectivity index (χ3v) is 6.91. The van der Waals surface area contributed by atoms with Gasteiger partial charge in [0.15, 0.2) is 0 Å². The normalized spacial score (nSPS) is 15.5. The van der Waals surface area contributed by atoms with Crippen LogP contribution in [0.15, 0.2) is 72.3 Å². The number of likely N-dealkylation sites (N-methyl/N-ethyl adjacent to an activating group) is 1. The summed E-state index contributed by atoms with van der Waals surface area (Å²) < 4.78 is 5.97. The molecular formula is C29H29Cl2N5O2. The molecule has 0 radical (unpaired) electrons. The maximum absolute atomic E-state index is 13.2. The van der Waals surface area contributed by atoms with E-state index in [0.717, 1.165) is 49.6 Å². The quantitative estimate of drug-likeness (QED) is 0.234. The van der Waals surface area contributed by atoms with Crippen LogP contribution in [0.2, 0.25) is 10.2 Å². The molecule has 1 fully saturated rings. The number of pyridine rings is 1. The molecule has 1 N–H and O–H groups in total. The van der Waals surface area contributed by atoms with Crippen LogP contribution in [0.5, 0.6) is 5.75 Å². The van der Waals surface area contributed by atoms with Gasteiger partial charge in [-0.2, -0.15) is 5.26 Å². The van der Waals surface area contributed by atoms with E-state index in [1.165, 1.54) is 6.08 Å². The lowest BCUT2D eigenvalue weighted by molar-refractivity contribution is -0.117. The molecule has 1 aliphatic rings. The molecule has 1 amide bonds. The fourth-order valence-corrected chi connectivity index (χ4v) is 4.47. The highest BCUT2D eigenvalue weighted by atomic mass is 35.5. The Hall–Kier alpha value is -3.41. The molecule has 1 saturated heterocycles. The van der Waals surface area contributed by atoms with Crippen molar-refractivity contribution in [2.24, 2.45) is 0 Å². The van der Waals surface area contributed by atoms with Gasteiger partial charge in [0.25, 0.3) is 5.91 Å². The van der Waals surface area contributed by atoms with Gasteiger partial charge in [-0.1, -0.05) is 65.7 Å². The summed E-state index contributed by atoms with van der Waals surface area (Å²) in [4.78, 5) is 22.0. The van der Waals surface area contributed by atoms with Crippen molar-refractivity contribution >= 4 is 35.2 Å². The number of hydrogen-bond donors (Lipinski definition) is 1. The van der Waals surface area contributed by atoms with Gasteiger partial charge in [-0.3, -0.25) is 9.69 Å². The lowest BCUT2D eigenvalue weighted by atomic mass is 9.98. The van der Waals surface area contributed by atoms with Gasteiger partial charge in [0.1, 0.15) is 29.2 Å². The molecular weight excluding hydrogens is 521 g/mol. The molecule has 3 aromatic rings. The molecule has 0 spiro atoms. The molecule has 2 heterocycles. The summed E-state index contributed by atoms with van der Waals surface area (Å²) >= 11 is 12.1. The Morgan fingerprint density at radius 3 is 2.42 bits per heavy atom. The number of carbonyl (C=O) groups excluding carboxylic acids is 1. The van der Waals surface area contributed by atoms with E-state index in [-0.39, 0.29) is 21.4 Å². The number of nitrogens with one attached hydrogen (secondary N) is 1. The van der Waals surface area contributed by atoms with Crippen LogP contribution in [0.3, 0.4) is 0 Å². The first kappa shape index (κ1) is 27.6. The number of nitrogens with zero attached hydrogens (tertiary/aromatic N) is 4. The summed E-state index contributed by atoms with van der Waals surface area (Å²) in [6.45, 7) is 5.75. The third kappa shape index (κ3) is 7.56. The number of piperazine rings is 1. The van der Waals surface area contributed by atoms with Gasteiger partial charge in [0, 0.05) is 32.7 Å². The average Bonchev–Trinajstić information content (AvgIpc) is 2.94. The molecule has 2 aromatic carbocycles. The molecule has 1 atom stereocenters. The number of rotatable bonds is 9. The standard InChI is InChI=1S/C29H29Cl2N5O2/c1-35-13-15-36(16-14-35)17-18-38-24-9-7-22(8-10-24)28(21-5-3-2-4-6-21)34-29(37)23(20-32)19-26-25(30)11-12-27(31)33-26/h2-12,19,28H,13-18H2,1H3,(H,34,37)/b23-19+. The Morgan fingerprint density at radius 2 is 1.74 bits per heavy atom. The van der Waals surface area contributed by atoms with Crippen molar-refractivity contribution in [3.05, 3.63) is 99.3 Å². The van der Waals surface area contributed by atoms with Crippen molar-refractivity contribution in [3.8, 4) is 11.8 Å². The fourth-order valence-electron chi connectivity index (χ4n) is 4.15. The van der Waals surface area contributed by atoms with E-state index in [4.69, 9.17) is 27.9 Å². The number of halogens is 2. The van der Waals surface area contributed by atoms with Crippen molar-refractivity contribution in [1.29, 1.82) is 5.26 Å². The van der Waals surface area contributed by atoms with Crippen LogP contribution in [0.25, 0.3) is 6.08 Å². The fraction of sp³-hybridized carbons (Fsp3) is 0.276. The first-order valence-electron chi connectivity index (χ1n) is 12.4. The van der Waals surface area contributed by atoms with Gasteiger partial charge in [0.2, 0.25) is 0 Å². The highest BCUT2D eigenvalue weighted by Crippen LogP contribution is 2.25. The third-order valence-electron chi connectivity index (χ3n) is 6.38. The monoisotopic (exact) mass is 549 g/mol. The maximum atomic E-state index is 13.2. The van der Waals surface area contributed by atoms with Crippen molar-refractivity contribution in [3.63, 3.8) is 0 Å². The number of amides is 1. The Kier molecular flexibility index (Phi) is 9.74. The summed E-state index contributed by atoms with van der Waals surface area (Å²) in [5.74, 6) is 0.215. The topological polar surface area (TPSA) is 81.5 Å². The highest BCUT2D eigenvalue weighted by Gasteiger charge is 2.20. The first-order chi connectivity index (χ1) is 18.4. The Bertz CT molecular complexity index is 1300. The Balaban J connectivity index is 1.47. The molecule has 4 rings (SSSR count). The van der Waals surface area contributed by atoms with Crippen LogP contribution in [-0.2, 0) is 4.79 Å². The van der Waals surface area contributed by atoms with Crippen molar-refractivity contribution in [1.82, 2.24) is 20.1 Å². The minimum Gasteiger partial charge on any atom is -0.492 e. The number of aromatic nitrogens is 1. The molecule has 9 heteroatoms. The zero-order valence-corrected chi connectivity index (χ0v) is 22.6. The van der Waals surface area contributed by atoms with E-state index in [2.05, 4.69) is 27.1 Å². The molecule has 196 valence electrons. The van der Waals surface area contributed by atoms with Crippen LogP contribution in [0.1, 0.15) is 22.9 Å². The van der Waals surface area contributed by atoms with E-state index < -0.39 is 11.9 Å². The molecule has 1 unspecified atom stereocenters. The number of ether oxygens (including phenoxy) is 1. The summed E-state index contributed by atoms with van der Waals surface area (Å²) in [6.07, 6.45) is 1.34. The van der Waals surface area contributed by atoms with Crippen LogP contribution in [0.4, 0.5) is 0 Å². The molecule has 1 aromatic heterocycles. The van der Waals surface area contributed by atoms with E-state index in [1.54, 1.807) is 12.1 Å². The van der Waals surface area contributed by atoms with Gasteiger partial charge in [-0.15, -0.1) is 0 Å². The predicted molar refractivity (Wildman–Crippen MR) is 150 cm³/mol. The maximum Gasteiger partial charge on any atom is 0.262 e. The van der Waals surface area contributed by atoms with Gasteiger partial charge >= 0.3 is 0 Å². The summed E-state index contributed by atoms with van der Waals surface area (Å²) in [7, 11) is 2.14. The molecule has 38 heavy (non-hydrogen) atoms. The lowest BCUT2D eigenvalue weighted by Crippen LogP contribution is -2.45. The Labute approximate surface area is 233 Å². The summed E-state index contributed by atoms with van der Waals surface area (Å²) in [6, 6.07) is 21.8. The van der Waals surface area contributed by atoms with Crippen molar-refractivity contribution in [2.75, 3.05) is 46.4 Å². The van der Waals surface area contributed by atoms with Crippen LogP contribution in [0, 0.1) is 11.3 Å². The molecule has 1 aliphatic heterocycles. The van der Waals surface area contributed by atoms with E-state index >= 15 is 0 Å². The van der Waals surface area contributed by atoms with Crippen molar-refractivity contribution < 1.29 is 9.53 Å². The van der Waals surface area contributed by atoms with Crippen LogP contribution < -0.4 is 10.1 Å². The number of nitriles is 1. The minimum absolute atomic E-state index is 0.133. The average molecular weight is 550 g/mol. The van der Waals surface area contributed by atoms with E-state index in [0.29, 0.717) is 6.61 Å². The zero-order chi connectivity index (χ0) is 26.9. The smallest absolute Gasteiger partial charge is 0.262 e. The molecule has 0 aliphatic carbocycles. The lowest BCUT2D eigenvalue weighted by Gasteiger charge is -2.32. The summed E-state index contributed by atoms with van der Waals surface area (Å²) in [5, 5.41) is 13.2. The minimum atomic E-state index is -0.549. The first-order valence-corrected chi connectivity index (χ1v) is 13.1. The number of carbonyl (C=O) groups is 1. The number of benzene rings is 2. The molecule has 0 saturated carbocycles. The number of hydrogen-bond acceptors (Lipinski definition) is 6. The van der Waals surface area contributed by atoms with Crippen molar-refractivity contribution in [2.45, 2.75) is 6.04 Å². The van der Waals surface area contributed by atoms with Gasteiger partial charge < -0.3 is 15.0 Å². The van der Waals surface area contributed by atoms with Gasteiger partial charge in [-0.25, -0.2) is 4.98 Å². The second-order valence-corrected chi connectivity index (χ2v) is 9.84. The van der Waals surface area contributed by atoms with Gasteiger partial charge in [0.05, 0.1) is 16.8 Å².